The van der Waals surface area contributed by atoms with Crippen molar-refractivity contribution < 1.29 is 0 Å². The second-order valence-electron chi connectivity index (χ2n) is 5.28. The fraction of sp³-hybridized carbons (Fsp3) is 0.375. The molecule has 2 heterocycles. The number of aromatic nitrogens is 2. The van der Waals surface area contributed by atoms with Crippen molar-refractivity contribution in [3.8, 4) is 0 Å². The summed E-state index contributed by atoms with van der Waals surface area (Å²) in [6.07, 6.45) is 4.12. The zero-order chi connectivity index (χ0) is 13.9. The number of hydrogen-bond donors (Lipinski definition) is 1. The maximum Gasteiger partial charge on any atom is 0.225 e. The lowest BCUT2D eigenvalue weighted by molar-refractivity contribution is 0.735. The van der Waals surface area contributed by atoms with Crippen LogP contribution in [-0.2, 0) is 19.5 Å². The van der Waals surface area contributed by atoms with Gasteiger partial charge in [-0.3, -0.25) is 0 Å². The minimum atomic E-state index is 0.495. The highest BCUT2D eigenvalue weighted by Crippen LogP contribution is 2.21. The van der Waals surface area contributed by atoms with E-state index >= 15 is 0 Å². The Hall–Kier alpha value is -1.94. The van der Waals surface area contributed by atoms with E-state index in [0.717, 1.165) is 43.1 Å². The van der Waals surface area contributed by atoms with Crippen LogP contribution in [0, 0.1) is 6.92 Å². The summed E-state index contributed by atoms with van der Waals surface area (Å²) in [5.74, 6) is 0.816. The van der Waals surface area contributed by atoms with Gasteiger partial charge in [0.2, 0.25) is 5.95 Å². The highest BCUT2D eigenvalue weighted by atomic mass is 15.2. The summed E-state index contributed by atoms with van der Waals surface area (Å²) in [5, 5.41) is 0. The minimum Gasteiger partial charge on any atom is -0.336 e. The minimum absolute atomic E-state index is 0.495. The van der Waals surface area contributed by atoms with E-state index in [-0.39, 0.29) is 0 Å². The van der Waals surface area contributed by atoms with E-state index in [1.54, 1.807) is 0 Å². The van der Waals surface area contributed by atoms with Gasteiger partial charge >= 0.3 is 0 Å². The van der Waals surface area contributed by atoms with E-state index in [2.05, 4.69) is 39.1 Å². The number of nitrogens with two attached hydrogens (primary N) is 1. The molecule has 0 amide bonds. The maximum absolute atomic E-state index is 5.67. The van der Waals surface area contributed by atoms with Gasteiger partial charge in [-0.2, -0.15) is 0 Å². The average molecular weight is 268 g/mol. The molecule has 0 radical (unpaired) electrons. The summed E-state index contributed by atoms with van der Waals surface area (Å²) >= 11 is 0. The molecule has 0 atom stereocenters. The van der Waals surface area contributed by atoms with E-state index in [4.69, 9.17) is 5.73 Å². The molecule has 0 bridgehead atoms. The molecule has 0 spiro atoms. The fourth-order valence-electron chi connectivity index (χ4n) is 2.70. The number of nitrogens with zero attached hydrogens (tertiary/aromatic N) is 3. The summed E-state index contributed by atoms with van der Waals surface area (Å²) < 4.78 is 0. The van der Waals surface area contributed by atoms with Crippen LogP contribution in [0.4, 0.5) is 5.95 Å². The van der Waals surface area contributed by atoms with Crippen LogP contribution in [0.2, 0.25) is 0 Å². The zero-order valence-corrected chi connectivity index (χ0v) is 11.8. The highest BCUT2D eigenvalue weighted by Gasteiger charge is 2.16. The standard InChI is InChI=1S/C16H20N4/c1-12-15(9-17)10-18-16(19-12)20-8-4-7-13-5-2-3-6-14(13)11-20/h2-3,5-6,10H,4,7-9,11,17H2,1H3. The summed E-state index contributed by atoms with van der Waals surface area (Å²) in [7, 11) is 0. The van der Waals surface area contributed by atoms with E-state index in [9.17, 15) is 0 Å². The first-order valence-electron chi connectivity index (χ1n) is 7.12. The van der Waals surface area contributed by atoms with Crippen molar-refractivity contribution in [3.63, 3.8) is 0 Å². The third-order valence-corrected chi connectivity index (χ3v) is 3.92. The van der Waals surface area contributed by atoms with E-state index in [0.29, 0.717) is 6.54 Å². The molecule has 1 aromatic carbocycles. The first-order valence-corrected chi connectivity index (χ1v) is 7.12. The lowest BCUT2D eigenvalue weighted by atomic mass is 10.0. The van der Waals surface area contributed by atoms with Crippen molar-refractivity contribution in [3.05, 3.63) is 52.8 Å². The van der Waals surface area contributed by atoms with Gasteiger partial charge in [-0.15, -0.1) is 0 Å². The monoisotopic (exact) mass is 268 g/mol. The molecular formula is C16H20N4. The number of hydrogen-bond acceptors (Lipinski definition) is 4. The summed E-state index contributed by atoms with van der Waals surface area (Å²) in [6.45, 7) is 4.38. The van der Waals surface area contributed by atoms with Gasteiger partial charge in [-0.05, 0) is 30.9 Å². The van der Waals surface area contributed by atoms with Crippen LogP contribution in [0.5, 0.6) is 0 Å². The van der Waals surface area contributed by atoms with Gasteiger partial charge in [0.05, 0.1) is 0 Å². The molecule has 3 rings (SSSR count). The second kappa shape index (κ2) is 5.59. The molecule has 0 aliphatic carbocycles. The molecule has 2 N–H and O–H groups in total. The Morgan fingerprint density at radius 2 is 2.05 bits per heavy atom. The Balaban J connectivity index is 1.89. The Bertz CT molecular complexity index is 609. The SMILES string of the molecule is Cc1nc(N2CCCc3ccccc3C2)ncc1CN. The van der Waals surface area contributed by atoms with Gasteiger partial charge in [-0.1, -0.05) is 24.3 Å². The van der Waals surface area contributed by atoms with Crippen molar-refractivity contribution in [1.82, 2.24) is 9.97 Å². The Kier molecular flexibility index (Phi) is 3.65. The smallest absolute Gasteiger partial charge is 0.225 e. The number of aryl methyl sites for hydroxylation is 2. The predicted molar refractivity (Wildman–Crippen MR) is 80.5 cm³/mol. The molecule has 0 fully saturated rings. The molecule has 1 aliphatic rings. The van der Waals surface area contributed by atoms with Crippen molar-refractivity contribution >= 4 is 5.95 Å². The lowest BCUT2D eigenvalue weighted by Crippen LogP contribution is -2.25. The van der Waals surface area contributed by atoms with Crippen LogP contribution in [0.15, 0.2) is 30.5 Å². The molecule has 4 heteroatoms. The topological polar surface area (TPSA) is 55.0 Å². The molecule has 4 nitrogen and oxygen atoms in total. The largest absolute Gasteiger partial charge is 0.336 e. The predicted octanol–water partition coefficient (Wildman–Crippen LogP) is 2.20. The van der Waals surface area contributed by atoms with Crippen molar-refractivity contribution in [2.45, 2.75) is 32.9 Å². The summed E-state index contributed by atoms with van der Waals surface area (Å²) in [5.41, 5.74) is 10.5. The van der Waals surface area contributed by atoms with Crippen LogP contribution in [-0.4, -0.2) is 16.5 Å². The van der Waals surface area contributed by atoms with Gasteiger partial charge in [-0.25, -0.2) is 9.97 Å². The first-order chi connectivity index (χ1) is 9.78. The average Bonchev–Trinajstić information content (AvgIpc) is 2.69. The molecule has 0 unspecified atom stereocenters. The summed E-state index contributed by atoms with van der Waals surface area (Å²) in [4.78, 5) is 11.4. The van der Waals surface area contributed by atoms with Crippen molar-refractivity contribution in [1.29, 1.82) is 0 Å². The lowest BCUT2D eigenvalue weighted by Gasteiger charge is -2.21. The van der Waals surface area contributed by atoms with Gasteiger partial charge in [0.15, 0.2) is 0 Å². The Morgan fingerprint density at radius 3 is 2.80 bits per heavy atom. The second-order valence-corrected chi connectivity index (χ2v) is 5.28. The van der Waals surface area contributed by atoms with Gasteiger partial charge in [0.1, 0.15) is 0 Å². The molecule has 1 aliphatic heterocycles. The third kappa shape index (κ3) is 2.51. The van der Waals surface area contributed by atoms with Crippen molar-refractivity contribution in [2.24, 2.45) is 5.73 Å². The van der Waals surface area contributed by atoms with Crippen LogP contribution < -0.4 is 10.6 Å². The molecular weight excluding hydrogens is 248 g/mol. The first kappa shape index (κ1) is 13.1. The molecule has 20 heavy (non-hydrogen) atoms. The zero-order valence-electron chi connectivity index (χ0n) is 11.8. The number of benzene rings is 1. The van der Waals surface area contributed by atoms with Gasteiger partial charge < -0.3 is 10.6 Å². The summed E-state index contributed by atoms with van der Waals surface area (Å²) in [6, 6.07) is 8.65. The van der Waals surface area contributed by atoms with E-state index in [1.807, 2.05) is 13.1 Å². The number of fused-ring (bicyclic) bond motifs is 1. The van der Waals surface area contributed by atoms with Crippen LogP contribution in [0.1, 0.15) is 28.8 Å². The fourth-order valence-corrected chi connectivity index (χ4v) is 2.70. The van der Waals surface area contributed by atoms with Gasteiger partial charge in [0.25, 0.3) is 0 Å². The molecule has 1 aromatic heterocycles. The highest BCUT2D eigenvalue weighted by molar-refractivity contribution is 5.38. The van der Waals surface area contributed by atoms with E-state index < -0.39 is 0 Å². The van der Waals surface area contributed by atoms with Crippen LogP contribution in [0.25, 0.3) is 0 Å². The number of anilines is 1. The molecule has 0 saturated carbocycles. The maximum atomic E-state index is 5.67. The normalized spacial score (nSPS) is 14.8. The number of rotatable bonds is 2. The molecule has 0 saturated heterocycles. The van der Waals surface area contributed by atoms with Crippen LogP contribution in [0.3, 0.4) is 0 Å². The Morgan fingerprint density at radius 1 is 1.25 bits per heavy atom. The third-order valence-electron chi connectivity index (χ3n) is 3.92. The molecule has 2 aromatic rings. The Labute approximate surface area is 119 Å². The molecule has 104 valence electrons. The van der Waals surface area contributed by atoms with E-state index in [1.165, 1.54) is 11.1 Å². The van der Waals surface area contributed by atoms with Gasteiger partial charge in [0, 0.05) is 37.1 Å². The van der Waals surface area contributed by atoms with Crippen molar-refractivity contribution in [2.75, 3.05) is 11.4 Å². The van der Waals surface area contributed by atoms with Crippen LogP contribution >= 0.6 is 0 Å². The quantitative estimate of drug-likeness (QED) is 0.907.